The molecule has 0 radical (unpaired) electrons. The third-order valence-corrected chi connectivity index (χ3v) is 5.03. The molecule has 130 valence electrons. The van der Waals surface area contributed by atoms with Crippen LogP contribution in [0.2, 0.25) is 0 Å². The topological polar surface area (TPSA) is 30.7 Å². The number of nitrogens with zero attached hydrogens (tertiary/aromatic N) is 3. The van der Waals surface area contributed by atoms with Crippen molar-refractivity contribution in [3.63, 3.8) is 0 Å². The van der Waals surface area contributed by atoms with Crippen LogP contribution in [0, 0.1) is 0 Å². The third kappa shape index (κ3) is 4.13. The van der Waals surface area contributed by atoms with Crippen molar-refractivity contribution in [2.45, 2.75) is 44.8 Å². The molecular formula is C21H25N3S. The Morgan fingerprint density at radius 2 is 1.60 bits per heavy atom. The normalized spacial score (nSPS) is 11.7. The van der Waals surface area contributed by atoms with Crippen molar-refractivity contribution in [1.29, 1.82) is 0 Å². The van der Waals surface area contributed by atoms with E-state index in [-0.39, 0.29) is 5.41 Å². The van der Waals surface area contributed by atoms with E-state index in [4.69, 9.17) is 0 Å². The van der Waals surface area contributed by atoms with Gasteiger partial charge in [-0.15, -0.1) is 10.2 Å². The van der Waals surface area contributed by atoms with E-state index in [9.17, 15) is 0 Å². The minimum Gasteiger partial charge on any atom is -0.298 e. The second-order valence-electron chi connectivity index (χ2n) is 7.14. The summed E-state index contributed by atoms with van der Waals surface area (Å²) in [7, 11) is 0. The van der Waals surface area contributed by atoms with E-state index < -0.39 is 0 Å². The largest absolute Gasteiger partial charge is 0.298 e. The zero-order chi connectivity index (χ0) is 17.9. The van der Waals surface area contributed by atoms with E-state index in [1.54, 1.807) is 11.8 Å². The summed E-state index contributed by atoms with van der Waals surface area (Å²) in [6, 6.07) is 19.2. The van der Waals surface area contributed by atoms with E-state index in [0.29, 0.717) is 0 Å². The fourth-order valence-corrected chi connectivity index (χ4v) is 3.43. The Balaban J connectivity index is 1.98. The molecule has 0 bridgehead atoms. The van der Waals surface area contributed by atoms with Crippen LogP contribution in [-0.2, 0) is 12.0 Å². The van der Waals surface area contributed by atoms with Gasteiger partial charge in [-0.2, -0.15) is 0 Å². The third-order valence-electron chi connectivity index (χ3n) is 4.18. The first-order valence-corrected chi connectivity index (χ1v) is 9.68. The van der Waals surface area contributed by atoms with Crippen LogP contribution in [0.3, 0.4) is 0 Å². The molecular weight excluding hydrogens is 326 g/mol. The van der Waals surface area contributed by atoms with Crippen molar-refractivity contribution < 1.29 is 0 Å². The lowest BCUT2D eigenvalue weighted by Crippen LogP contribution is -2.10. The lowest BCUT2D eigenvalue weighted by Gasteiger charge is -2.19. The minimum atomic E-state index is 0.152. The average Bonchev–Trinajstić information content (AvgIpc) is 2.98. The maximum absolute atomic E-state index is 4.49. The average molecular weight is 352 g/mol. The molecule has 0 fully saturated rings. The predicted molar refractivity (Wildman–Crippen MR) is 106 cm³/mol. The molecule has 0 amide bonds. The predicted octanol–water partition coefficient (Wildman–Crippen LogP) is 5.40. The number of aromatic nitrogens is 3. The highest BCUT2D eigenvalue weighted by Crippen LogP contribution is 2.28. The second kappa shape index (κ2) is 7.44. The van der Waals surface area contributed by atoms with Crippen molar-refractivity contribution in [2.75, 3.05) is 5.75 Å². The van der Waals surface area contributed by atoms with Crippen LogP contribution < -0.4 is 0 Å². The molecule has 3 aromatic rings. The summed E-state index contributed by atoms with van der Waals surface area (Å²) >= 11 is 1.73. The molecule has 0 saturated heterocycles. The van der Waals surface area contributed by atoms with Gasteiger partial charge in [0.25, 0.3) is 0 Å². The van der Waals surface area contributed by atoms with Crippen LogP contribution in [0.15, 0.2) is 59.8 Å². The van der Waals surface area contributed by atoms with E-state index in [0.717, 1.165) is 28.8 Å². The monoisotopic (exact) mass is 351 g/mol. The Kier molecular flexibility index (Phi) is 5.28. The van der Waals surface area contributed by atoms with Gasteiger partial charge in [0.15, 0.2) is 11.0 Å². The summed E-state index contributed by atoms with van der Waals surface area (Å²) in [5.74, 6) is 1.91. The van der Waals surface area contributed by atoms with Gasteiger partial charge in [0.05, 0.1) is 6.54 Å². The Hall–Kier alpha value is -2.07. The van der Waals surface area contributed by atoms with Crippen LogP contribution in [0.5, 0.6) is 0 Å². The molecule has 0 atom stereocenters. The number of thioether (sulfide) groups is 1. The highest BCUT2D eigenvalue weighted by atomic mass is 32.2. The van der Waals surface area contributed by atoms with Gasteiger partial charge in [0, 0.05) is 5.56 Å². The molecule has 1 heterocycles. The molecule has 3 rings (SSSR count). The molecule has 2 aromatic carbocycles. The molecule has 3 nitrogen and oxygen atoms in total. The number of benzene rings is 2. The zero-order valence-corrected chi connectivity index (χ0v) is 16.2. The molecule has 0 saturated carbocycles. The van der Waals surface area contributed by atoms with Crippen molar-refractivity contribution in [3.05, 3.63) is 65.7 Å². The van der Waals surface area contributed by atoms with Crippen LogP contribution in [0.4, 0.5) is 0 Å². The molecule has 1 aromatic heterocycles. The maximum atomic E-state index is 4.49. The Morgan fingerprint density at radius 3 is 2.20 bits per heavy atom. The molecule has 25 heavy (non-hydrogen) atoms. The van der Waals surface area contributed by atoms with Crippen molar-refractivity contribution in [3.8, 4) is 11.4 Å². The van der Waals surface area contributed by atoms with Crippen LogP contribution >= 0.6 is 11.8 Å². The quantitative estimate of drug-likeness (QED) is 0.576. The van der Waals surface area contributed by atoms with Gasteiger partial charge in [0.1, 0.15) is 0 Å². The van der Waals surface area contributed by atoms with E-state index in [1.165, 1.54) is 11.1 Å². The first-order valence-electron chi connectivity index (χ1n) is 8.70. The summed E-state index contributed by atoms with van der Waals surface area (Å²) in [5, 5.41) is 9.88. The Morgan fingerprint density at radius 1 is 0.920 bits per heavy atom. The fourth-order valence-electron chi connectivity index (χ4n) is 2.77. The number of hydrogen-bond acceptors (Lipinski definition) is 3. The first kappa shape index (κ1) is 17.7. The summed E-state index contributed by atoms with van der Waals surface area (Å²) in [5.41, 5.74) is 3.85. The summed E-state index contributed by atoms with van der Waals surface area (Å²) in [4.78, 5) is 0. The Labute approximate surface area is 154 Å². The zero-order valence-electron chi connectivity index (χ0n) is 15.4. The lowest BCUT2D eigenvalue weighted by atomic mass is 9.87. The maximum Gasteiger partial charge on any atom is 0.191 e. The van der Waals surface area contributed by atoms with Gasteiger partial charge < -0.3 is 0 Å². The molecule has 0 N–H and O–H groups in total. The highest BCUT2D eigenvalue weighted by molar-refractivity contribution is 7.99. The molecule has 0 unspecified atom stereocenters. The van der Waals surface area contributed by atoms with Crippen LogP contribution in [0.25, 0.3) is 11.4 Å². The standard InChI is InChI=1S/C21H25N3S/c1-5-25-20-23-22-19(24(20)15-16-9-7-6-8-10-16)17-11-13-18(14-12-17)21(2,3)4/h6-14H,5,15H2,1-4H3. The van der Waals surface area contributed by atoms with Gasteiger partial charge in [-0.25, -0.2) is 0 Å². The van der Waals surface area contributed by atoms with Crippen LogP contribution in [0.1, 0.15) is 38.8 Å². The van der Waals surface area contributed by atoms with Gasteiger partial charge in [-0.05, 0) is 22.3 Å². The van der Waals surface area contributed by atoms with Crippen molar-refractivity contribution in [1.82, 2.24) is 14.8 Å². The van der Waals surface area contributed by atoms with Crippen molar-refractivity contribution >= 4 is 11.8 Å². The summed E-state index contributed by atoms with van der Waals surface area (Å²) < 4.78 is 2.22. The minimum absolute atomic E-state index is 0.152. The van der Waals surface area contributed by atoms with Gasteiger partial charge in [-0.3, -0.25) is 4.57 Å². The Bertz CT molecular complexity index is 815. The first-order chi connectivity index (χ1) is 12.0. The number of hydrogen-bond donors (Lipinski definition) is 0. The smallest absolute Gasteiger partial charge is 0.191 e. The lowest BCUT2D eigenvalue weighted by molar-refractivity contribution is 0.590. The number of rotatable bonds is 5. The molecule has 0 aliphatic heterocycles. The summed E-state index contributed by atoms with van der Waals surface area (Å²) in [6.45, 7) is 9.62. The van der Waals surface area contributed by atoms with Crippen LogP contribution in [-0.4, -0.2) is 20.5 Å². The second-order valence-corrected chi connectivity index (χ2v) is 8.37. The molecule has 0 spiro atoms. The highest BCUT2D eigenvalue weighted by Gasteiger charge is 2.17. The summed E-state index contributed by atoms with van der Waals surface area (Å²) in [6.07, 6.45) is 0. The van der Waals surface area contributed by atoms with Gasteiger partial charge in [-0.1, -0.05) is 94.1 Å². The molecule has 0 aliphatic rings. The fraction of sp³-hybridized carbons (Fsp3) is 0.333. The van der Waals surface area contributed by atoms with Gasteiger partial charge >= 0.3 is 0 Å². The van der Waals surface area contributed by atoms with E-state index in [1.807, 2.05) is 6.07 Å². The molecule has 0 aliphatic carbocycles. The van der Waals surface area contributed by atoms with E-state index >= 15 is 0 Å². The SMILES string of the molecule is CCSc1nnc(-c2ccc(C(C)(C)C)cc2)n1Cc1ccccc1. The van der Waals surface area contributed by atoms with Gasteiger partial charge in [0.2, 0.25) is 0 Å². The van der Waals surface area contributed by atoms with Crippen molar-refractivity contribution in [2.24, 2.45) is 0 Å². The molecule has 4 heteroatoms. The van der Waals surface area contributed by atoms with E-state index in [2.05, 4.69) is 91.0 Å².